The van der Waals surface area contributed by atoms with E-state index >= 15 is 0 Å². The first-order chi connectivity index (χ1) is 14.3. The molecule has 0 radical (unpaired) electrons. The number of rotatable bonds is 4. The lowest BCUT2D eigenvalue weighted by atomic mass is 10.1. The number of fused-ring (bicyclic) bond motifs is 1. The molecule has 0 spiro atoms. The van der Waals surface area contributed by atoms with Crippen molar-refractivity contribution < 1.29 is 27.1 Å². The number of ether oxygens (including phenoxy) is 1. The van der Waals surface area contributed by atoms with Gasteiger partial charge in [-0.3, -0.25) is 4.79 Å². The van der Waals surface area contributed by atoms with Crippen LogP contribution < -0.4 is 5.32 Å². The number of hydrogen-bond acceptors (Lipinski definition) is 4. The first kappa shape index (κ1) is 20.0. The molecule has 0 fully saturated rings. The van der Waals surface area contributed by atoms with E-state index < -0.39 is 17.6 Å². The average Bonchev–Trinajstić information content (AvgIpc) is 3.15. The molecule has 0 aliphatic carbocycles. The Bertz CT molecular complexity index is 1060. The highest BCUT2D eigenvalue weighted by Crippen LogP contribution is 2.32. The number of nitrogens with one attached hydrogen (secondary N) is 1. The summed E-state index contributed by atoms with van der Waals surface area (Å²) in [5, 5.41) is 10.3. The lowest BCUT2D eigenvalue weighted by molar-refractivity contribution is -0.138. The predicted octanol–water partition coefficient (Wildman–Crippen LogP) is 3.64. The van der Waals surface area contributed by atoms with E-state index in [4.69, 9.17) is 4.74 Å². The van der Waals surface area contributed by atoms with Crippen LogP contribution in [0.5, 0.6) is 0 Å². The minimum absolute atomic E-state index is 0.00274. The van der Waals surface area contributed by atoms with E-state index in [1.807, 2.05) is 0 Å². The van der Waals surface area contributed by atoms with Crippen LogP contribution in [0.25, 0.3) is 0 Å². The van der Waals surface area contributed by atoms with E-state index in [1.54, 1.807) is 12.1 Å². The summed E-state index contributed by atoms with van der Waals surface area (Å²) in [5.41, 5.74) is 0.326. The second-order valence-corrected chi connectivity index (χ2v) is 6.76. The van der Waals surface area contributed by atoms with Crippen LogP contribution >= 0.6 is 0 Å². The Kier molecular flexibility index (Phi) is 5.25. The van der Waals surface area contributed by atoms with Gasteiger partial charge in [-0.25, -0.2) is 9.07 Å². The van der Waals surface area contributed by atoms with Gasteiger partial charge in [-0.2, -0.15) is 13.2 Å². The number of nitrogens with zero attached hydrogens (tertiary/aromatic N) is 3. The Morgan fingerprint density at radius 3 is 2.63 bits per heavy atom. The van der Waals surface area contributed by atoms with Crippen molar-refractivity contribution in [2.45, 2.75) is 32.0 Å². The molecule has 1 N–H and O–H groups in total. The van der Waals surface area contributed by atoms with Gasteiger partial charge < -0.3 is 10.1 Å². The number of amides is 1. The van der Waals surface area contributed by atoms with E-state index in [0.29, 0.717) is 5.69 Å². The number of halogens is 4. The first-order valence-electron chi connectivity index (χ1n) is 9.05. The topological polar surface area (TPSA) is 69.0 Å². The second kappa shape index (κ2) is 7.86. The molecule has 30 heavy (non-hydrogen) atoms. The highest BCUT2D eigenvalue weighted by molar-refractivity contribution is 5.93. The molecule has 0 bridgehead atoms. The van der Waals surface area contributed by atoms with Crippen LogP contribution in [-0.4, -0.2) is 20.9 Å². The third-order valence-electron chi connectivity index (χ3n) is 4.82. The number of hydrogen-bond donors (Lipinski definition) is 1. The average molecular weight is 420 g/mol. The van der Waals surface area contributed by atoms with Crippen LogP contribution in [0, 0.1) is 5.82 Å². The summed E-state index contributed by atoms with van der Waals surface area (Å²) < 4.78 is 59.6. The minimum Gasteiger partial charge on any atom is -0.365 e. The van der Waals surface area contributed by atoms with Gasteiger partial charge in [0, 0.05) is 6.54 Å². The van der Waals surface area contributed by atoms with Gasteiger partial charge in [-0.05, 0) is 29.3 Å². The molecule has 0 saturated heterocycles. The van der Waals surface area contributed by atoms with E-state index in [9.17, 15) is 22.4 Å². The Labute approximate surface area is 168 Å². The summed E-state index contributed by atoms with van der Waals surface area (Å²) in [6.07, 6.45) is -4.89. The predicted molar refractivity (Wildman–Crippen MR) is 96.6 cm³/mol. The fraction of sp³-hybridized carbons (Fsp3) is 0.250. The lowest BCUT2D eigenvalue weighted by Crippen LogP contribution is -2.28. The number of aromatic nitrogens is 3. The molecular formula is C20H16F4N4O2. The molecular weight excluding hydrogens is 404 g/mol. The van der Waals surface area contributed by atoms with Gasteiger partial charge in [0.15, 0.2) is 5.69 Å². The van der Waals surface area contributed by atoms with Crippen molar-refractivity contribution in [1.29, 1.82) is 0 Å². The first-order valence-corrected chi connectivity index (χ1v) is 9.05. The summed E-state index contributed by atoms with van der Waals surface area (Å²) in [7, 11) is 0. The van der Waals surface area contributed by atoms with Gasteiger partial charge in [0.25, 0.3) is 5.91 Å². The van der Waals surface area contributed by atoms with Gasteiger partial charge in [-0.15, -0.1) is 5.10 Å². The number of carbonyl (C=O) groups excluding carboxylic acids is 1. The SMILES string of the molecule is O=C(NCc1ccccc1C(F)(F)F)c1nnn2c1CO[C@H](c1ccc(F)cc1)C2. The van der Waals surface area contributed by atoms with Gasteiger partial charge in [0.1, 0.15) is 11.9 Å². The van der Waals surface area contributed by atoms with Gasteiger partial charge in [0.2, 0.25) is 0 Å². The molecule has 4 rings (SSSR count). The fourth-order valence-corrected chi connectivity index (χ4v) is 3.28. The molecule has 2 heterocycles. The summed E-state index contributed by atoms with van der Waals surface area (Å²) in [6, 6.07) is 10.9. The van der Waals surface area contributed by atoms with Gasteiger partial charge in [-0.1, -0.05) is 35.5 Å². The molecule has 1 aliphatic rings. The molecule has 0 unspecified atom stereocenters. The van der Waals surface area contributed by atoms with Crippen LogP contribution in [-0.2, 0) is 30.6 Å². The van der Waals surface area contributed by atoms with Crippen molar-refractivity contribution in [3.8, 4) is 0 Å². The number of carbonyl (C=O) groups is 1. The molecule has 1 atom stereocenters. The summed E-state index contributed by atoms with van der Waals surface area (Å²) in [4.78, 5) is 12.5. The van der Waals surface area contributed by atoms with Crippen LogP contribution in [0.1, 0.15) is 39.0 Å². The zero-order chi connectivity index (χ0) is 21.3. The molecule has 6 nitrogen and oxygen atoms in total. The van der Waals surface area contributed by atoms with E-state index in [2.05, 4.69) is 15.6 Å². The van der Waals surface area contributed by atoms with Crippen molar-refractivity contribution in [3.05, 3.63) is 82.4 Å². The smallest absolute Gasteiger partial charge is 0.365 e. The van der Waals surface area contributed by atoms with Crippen molar-refractivity contribution in [2.24, 2.45) is 0 Å². The second-order valence-electron chi connectivity index (χ2n) is 6.76. The highest BCUT2D eigenvalue weighted by Gasteiger charge is 2.33. The monoisotopic (exact) mass is 420 g/mol. The summed E-state index contributed by atoms with van der Waals surface area (Å²) in [6.45, 7) is 0.00889. The maximum atomic E-state index is 13.1. The van der Waals surface area contributed by atoms with Crippen LogP contribution in [0.2, 0.25) is 0 Å². The maximum absolute atomic E-state index is 13.1. The highest BCUT2D eigenvalue weighted by atomic mass is 19.4. The van der Waals surface area contributed by atoms with E-state index in [0.717, 1.165) is 11.6 Å². The maximum Gasteiger partial charge on any atom is 0.416 e. The molecule has 156 valence electrons. The minimum atomic E-state index is -4.51. The van der Waals surface area contributed by atoms with Crippen LogP contribution in [0.3, 0.4) is 0 Å². The van der Waals surface area contributed by atoms with Crippen molar-refractivity contribution in [1.82, 2.24) is 20.3 Å². The van der Waals surface area contributed by atoms with Crippen LogP contribution in [0.4, 0.5) is 17.6 Å². The Morgan fingerprint density at radius 2 is 1.90 bits per heavy atom. The molecule has 1 amide bonds. The summed E-state index contributed by atoms with van der Waals surface area (Å²) >= 11 is 0. The standard InChI is InChI=1S/C20H16F4N4O2/c21-14-7-5-12(6-8-14)17-10-28-16(11-30-17)18(26-27-28)19(29)25-9-13-3-1-2-4-15(13)20(22,23)24/h1-8,17H,9-11H2,(H,25,29)/t17-/m0/s1. The molecule has 10 heteroatoms. The number of benzene rings is 2. The van der Waals surface area contributed by atoms with E-state index in [1.165, 1.54) is 35.0 Å². The molecule has 1 aromatic heterocycles. The molecule has 0 saturated carbocycles. The third kappa shape index (κ3) is 4.04. The van der Waals surface area contributed by atoms with Crippen molar-refractivity contribution in [3.63, 3.8) is 0 Å². The molecule has 3 aromatic rings. The Hall–Kier alpha value is -3.27. The van der Waals surface area contributed by atoms with Crippen molar-refractivity contribution in [2.75, 3.05) is 0 Å². The van der Waals surface area contributed by atoms with Gasteiger partial charge in [0.05, 0.1) is 24.4 Å². The molecule has 1 aliphatic heterocycles. The molecule has 2 aromatic carbocycles. The zero-order valence-electron chi connectivity index (χ0n) is 15.5. The number of alkyl halides is 3. The normalized spacial score (nSPS) is 16.2. The van der Waals surface area contributed by atoms with E-state index in [-0.39, 0.29) is 42.9 Å². The Balaban J connectivity index is 1.46. The third-order valence-corrected chi connectivity index (χ3v) is 4.82. The zero-order valence-corrected chi connectivity index (χ0v) is 15.5. The fourth-order valence-electron chi connectivity index (χ4n) is 3.28. The van der Waals surface area contributed by atoms with Gasteiger partial charge >= 0.3 is 6.18 Å². The van der Waals surface area contributed by atoms with Crippen molar-refractivity contribution >= 4 is 5.91 Å². The quantitative estimate of drug-likeness (QED) is 0.655. The summed E-state index contributed by atoms with van der Waals surface area (Å²) in [5.74, 6) is -1.00. The Morgan fingerprint density at radius 1 is 1.17 bits per heavy atom. The lowest BCUT2D eigenvalue weighted by Gasteiger charge is -2.24. The largest absolute Gasteiger partial charge is 0.416 e. The van der Waals surface area contributed by atoms with Crippen LogP contribution in [0.15, 0.2) is 48.5 Å².